The first-order valence-corrected chi connectivity index (χ1v) is 12.6. The van der Waals surface area contributed by atoms with Gasteiger partial charge in [-0.2, -0.15) is 5.10 Å². The van der Waals surface area contributed by atoms with Gasteiger partial charge in [-0.15, -0.1) is 0 Å². The van der Waals surface area contributed by atoms with Crippen LogP contribution in [0.1, 0.15) is 42.4 Å². The predicted molar refractivity (Wildman–Crippen MR) is 143 cm³/mol. The summed E-state index contributed by atoms with van der Waals surface area (Å²) < 4.78 is 3.24. The van der Waals surface area contributed by atoms with Crippen LogP contribution in [0.15, 0.2) is 59.9 Å². The molecular formula is C26H25Cl2N7O2. The summed E-state index contributed by atoms with van der Waals surface area (Å²) in [5, 5.41) is 8.14. The lowest BCUT2D eigenvalue weighted by Gasteiger charge is -2.34. The van der Waals surface area contributed by atoms with Crippen molar-refractivity contribution >= 4 is 35.1 Å². The topological polar surface area (TPSA) is 97.9 Å². The first-order chi connectivity index (χ1) is 17.7. The monoisotopic (exact) mass is 537 g/mol. The number of carbonyl (C=O) groups is 1. The standard InChI is InChI=1S/C26H25Cl2N7O2/c1-15(2)31-26-32-23-12-33(24(36)17-4-9-21(27)22(28)11-17)16(3)10-20(23)25(37)35(26)19-7-5-18(6-8-19)34-14-29-13-30-34/h4-9,11,13-16H,10,12H2,1-3H3,(H,31,32)/t16-/m1/s1. The third-order valence-corrected chi connectivity index (χ3v) is 6.99. The molecule has 1 N–H and O–H groups in total. The molecule has 1 amide bonds. The van der Waals surface area contributed by atoms with Gasteiger partial charge in [-0.3, -0.25) is 9.59 Å². The number of amides is 1. The summed E-state index contributed by atoms with van der Waals surface area (Å²) >= 11 is 12.2. The number of hydrogen-bond donors (Lipinski definition) is 1. The minimum Gasteiger partial charge on any atom is -0.353 e. The van der Waals surface area contributed by atoms with Crippen LogP contribution in [0.5, 0.6) is 0 Å². The molecule has 190 valence electrons. The maximum absolute atomic E-state index is 13.8. The number of nitrogens with zero attached hydrogens (tertiary/aromatic N) is 6. The van der Waals surface area contributed by atoms with Gasteiger partial charge in [0.1, 0.15) is 12.7 Å². The summed E-state index contributed by atoms with van der Waals surface area (Å²) in [6.07, 6.45) is 3.46. The van der Waals surface area contributed by atoms with Crippen molar-refractivity contribution in [1.29, 1.82) is 0 Å². The van der Waals surface area contributed by atoms with E-state index in [0.29, 0.717) is 44.9 Å². The van der Waals surface area contributed by atoms with E-state index in [-0.39, 0.29) is 30.1 Å². The average Bonchev–Trinajstić information content (AvgIpc) is 3.41. The van der Waals surface area contributed by atoms with Gasteiger partial charge in [0.05, 0.1) is 33.7 Å². The number of halogens is 2. The smallest absolute Gasteiger partial charge is 0.263 e. The Labute approximate surface area is 223 Å². The van der Waals surface area contributed by atoms with Gasteiger partial charge in [0.15, 0.2) is 0 Å². The van der Waals surface area contributed by atoms with E-state index >= 15 is 0 Å². The minimum absolute atomic E-state index is 0.0297. The van der Waals surface area contributed by atoms with Crippen molar-refractivity contribution in [2.45, 2.75) is 45.8 Å². The molecule has 37 heavy (non-hydrogen) atoms. The largest absolute Gasteiger partial charge is 0.353 e. The number of hydrogen-bond acceptors (Lipinski definition) is 6. The second-order valence-electron chi connectivity index (χ2n) is 9.27. The number of fused-ring (bicyclic) bond motifs is 1. The molecule has 0 aliphatic carbocycles. The summed E-state index contributed by atoms with van der Waals surface area (Å²) in [5.74, 6) is 0.230. The number of carbonyl (C=O) groups excluding carboxylic acids is 1. The number of nitrogens with one attached hydrogen (secondary N) is 1. The molecule has 0 unspecified atom stereocenters. The molecule has 2 aromatic heterocycles. The van der Waals surface area contributed by atoms with Crippen molar-refractivity contribution < 1.29 is 4.79 Å². The van der Waals surface area contributed by atoms with Crippen molar-refractivity contribution in [2.75, 3.05) is 5.32 Å². The van der Waals surface area contributed by atoms with E-state index in [4.69, 9.17) is 28.2 Å². The molecule has 3 heterocycles. The third kappa shape index (κ3) is 4.84. The zero-order valence-electron chi connectivity index (χ0n) is 20.5. The third-order valence-electron chi connectivity index (χ3n) is 6.25. The first kappa shape index (κ1) is 25.0. The summed E-state index contributed by atoms with van der Waals surface area (Å²) in [7, 11) is 0. The molecule has 2 aromatic carbocycles. The van der Waals surface area contributed by atoms with Crippen LogP contribution >= 0.6 is 23.2 Å². The van der Waals surface area contributed by atoms with E-state index < -0.39 is 0 Å². The van der Waals surface area contributed by atoms with Crippen LogP contribution in [-0.2, 0) is 13.0 Å². The van der Waals surface area contributed by atoms with Crippen LogP contribution in [0.2, 0.25) is 10.0 Å². The zero-order valence-corrected chi connectivity index (χ0v) is 22.0. The van der Waals surface area contributed by atoms with Crippen molar-refractivity contribution in [1.82, 2.24) is 29.2 Å². The van der Waals surface area contributed by atoms with E-state index in [1.165, 1.54) is 6.33 Å². The molecule has 0 saturated carbocycles. The maximum Gasteiger partial charge on any atom is 0.263 e. The molecule has 4 aromatic rings. The van der Waals surface area contributed by atoms with E-state index in [2.05, 4.69) is 15.4 Å². The first-order valence-electron chi connectivity index (χ1n) is 11.9. The molecular weight excluding hydrogens is 513 g/mol. The normalized spacial score (nSPS) is 15.1. The van der Waals surface area contributed by atoms with Crippen LogP contribution < -0.4 is 10.9 Å². The van der Waals surface area contributed by atoms with Crippen LogP contribution in [0, 0.1) is 0 Å². The van der Waals surface area contributed by atoms with E-state index in [1.54, 1.807) is 38.7 Å². The molecule has 1 aliphatic rings. The van der Waals surface area contributed by atoms with Crippen molar-refractivity contribution in [2.24, 2.45) is 0 Å². The Bertz CT molecular complexity index is 1520. The van der Waals surface area contributed by atoms with Crippen molar-refractivity contribution in [3.63, 3.8) is 0 Å². The maximum atomic E-state index is 13.8. The molecule has 9 nitrogen and oxygen atoms in total. The second kappa shape index (κ2) is 9.99. The van der Waals surface area contributed by atoms with Crippen LogP contribution in [-0.4, -0.2) is 47.2 Å². The summed E-state index contributed by atoms with van der Waals surface area (Å²) in [6.45, 7) is 6.09. The Kier molecular flexibility index (Phi) is 6.74. The Balaban J connectivity index is 1.54. The van der Waals surface area contributed by atoms with Gasteiger partial charge in [-0.05, 0) is 69.7 Å². The highest BCUT2D eigenvalue weighted by Gasteiger charge is 2.32. The highest BCUT2D eigenvalue weighted by molar-refractivity contribution is 6.42. The Morgan fingerprint density at radius 2 is 1.81 bits per heavy atom. The molecule has 0 spiro atoms. The summed E-state index contributed by atoms with van der Waals surface area (Å²) in [5.41, 5.74) is 2.95. The lowest BCUT2D eigenvalue weighted by Crippen LogP contribution is -2.46. The molecule has 11 heteroatoms. The number of rotatable bonds is 5. The van der Waals surface area contributed by atoms with Crippen LogP contribution in [0.25, 0.3) is 11.4 Å². The Morgan fingerprint density at radius 1 is 1.08 bits per heavy atom. The lowest BCUT2D eigenvalue weighted by molar-refractivity contribution is 0.0653. The predicted octanol–water partition coefficient (Wildman–Crippen LogP) is 4.53. The van der Waals surface area contributed by atoms with Crippen LogP contribution in [0.4, 0.5) is 5.95 Å². The zero-order chi connectivity index (χ0) is 26.3. The molecule has 0 radical (unpaired) electrons. The minimum atomic E-state index is -0.212. The Morgan fingerprint density at radius 3 is 2.46 bits per heavy atom. The molecule has 1 atom stereocenters. The second-order valence-corrected chi connectivity index (χ2v) is 10.1. The highest BCUT2D eigenvalue weighted by Crippen LogP contribution is 2.27. The molecule has 0 saturated heterocycles. The van der Waals surface area contributed by atoms with Gasteiger partial charge in [0, 0.05) is 23.2 Å². The fourth-order valence-corrected chi connectivity index (χ4v) is 4.71. The lowest BCUT2D eigenvalue weighted by atomic mass is 9.98. The van der Waals surface area contributed by atoms with Gasteiger partial charge in [-0.1, -0.05) is 23.2 Å². The molecule has 5 rings (SSSR count). The van der Waals surface area contributed by atoms with Gasteiger partial charge < -0.3 is 10.2 Å². The fourth-order valence-electron chi connectivity index (χ4n) is 4.42. The van der Waals surface area contributed by atoms with Gasteiger partial charge in [0.2, 0.25) is 5.95 Å². The quantitative estimate of drug-likeness (QED) is 0.401. The Hall–Kier alpha value is -3.69. The van der Waals surface area contributed by atoms with E-state index in [1.807, 2.05) is 45.0 Å². The van der Waals surface area contributed by atoms with Crippen LogP contribution in [0.3, 0.4) is 0 Å². The number of benzene rings is 2. The van der Waals surface area contributed by atoms with Gasteiger partial charge in [-0.25, -0.2) is 19.2 Å². The summed E-state index contributed by atoms with van der Waals surface area (Å²) in [4.78, 5) is 37.7. The molecule has 0 bridgehead atoms. The molecule has 0 fully saturated rings. The van der Waals surface area contributed by atoms with Gasteiger partial charge in [0.25, 0.3) is 11.5 Å². The van der Waals surface area contributed by atoms with Crippen molar-refractivity contribution in [3.8, 4) is 11.4 Å². The average molecular weight is 538 g/mol. The fraction of sp³-hybridized carbons (Fsp3) is 0.269. The van der Waals surface area contributed by atoms with E-state index in [9.17, 15) is 9.59 Å². The summed E-state index contributed by atoms with van der Waals surface area (Å²) in [6, 6.07) is 12.1. The van der Waals surface area contributed by atoms with Crippen molar-refractivity contribution in [3.05, 3.63) is 92.3 Å². The van der Waals surface area contributed by atoms with Gasteiger partial charge >= 0.3 is 0 Å². The highest BCUT2D eigenvalue weighted by atomic mass is 35.5. The SMILES string of the molecule is CC(C)Nc1nc2c(c(=O)n1-c1ccc(-n3cncn3)cc1)C[C@@H](C)N(C(=O)c1ccc(Cl)c(Cl)c1)C2. The van der Waals surface area contributed by atoms with E-state index in [0.717, 1.165) is 5.69 Å². The molecule has 1 aliphatic heterocycles. The number of aromatic nitrogens is 5. The number of anilines is 1.